The van der Waals surface area contributed by atoms with Crippen LogP contribution in [0.15, 0.2) is 0 Å². The fraction of sp³-hybridized carbons (Fsp3) is 1.00. The summed E-state index contributed by atoms with van der Waals surface area (Å²) in [6.07, 6.45) is 4.33. The predicted molar refractivity (Wildman–Crippen MR) is 59.7 cm³/mol. The van der Waals surface area contributed by atoms with Gasteiger partial charge < -0.3 is 0 Å². The lowest BCUT2D eigenvalue weighted by Gasteiger charge is -2.34. The average Bonchev–Trinajstić information content (AvgIpc) is 2.00. The minimum absolute atomic E-state index is 0.921. The summed E-state index contributed by atoms with van der Waals surface area (Å²) < 4.78 is 0. The van der Waals surface area contributed by atoms with Crippen molar-refractivity contribution in [3.8, 4) is 0 Å². The summed E-state index contributed by atoms with van der Waals surface area (Å²) in [7, 11) is 0. The van der Waals surface area contributed by atoms with Gasteiger partial charge in [0.1, 0.15) is 0 Å². The molecule has 0 nitrogen and oxygen atoms in total. The maximum atomic E-state index is 2.44. The molecule has 0 aromatic rings. The van der Waals surface area contributed by atoms with E-state index in [4.69, 9.17) is 0 Å². The van der Waals surface area contributed by atoms with Gasteiger partial charge in [0, 0.05) is 0 Å². The Bertz CT molecular complexity index is 134. The van der Waals surface area contributed by atoms with Gasteiger partial charge in [-0.3, -0.25) is 0 Å². The van der Waals surface area contributed by atoms with Crippen molar-refractivity contribution in [2.24, 2.45) is 29.6 Å². The molecule has 4 unspecified atom stereocenters. The Morgan fingerprint density at radius 2 is 1.00 bits per heavy atom. The van der Waals surface area contributed by atoms with E-state index in [2.05, 4.69) is 34.6 Å². The van der Waals surface area contributed by atoms with Gasteiger partial charge in [-0.2, -0.15) is 0 Å². The summed E-state index contributed by atoms with van der Waals surface area (Å²) in [6, 6.07) is 0. The van der Waals surface area contributed by atoms with E-state index in [0.29, 0.717) is 0 Å². The molecule has 0 bridgehead atoms. The van der Waals surface area contributed by atoms with Crippen LogP contribution in [0.2, 0.25) is 0 Å². The van der Waals surface area contributed by atoms with E-state index in [1.807, 2.05) is 0 Å². The maximum absolute atomic E-state index is 2.44. The normalized spacial score (nSPS) is 48.2. The molecule has 0 radical (unpaired) electrons. The van der Waals surface area contributed by atoms with Gasteiger partial charge in [0.05, 0.1) is 0 Å². The Labute approximate surface area is 84.1 Å². The zero-order valence-electron chi connectivity index (χ0n) is 10.0. The zero-order valence-corrected chi connectivity index (χ0v) is 10.0. The van der Waals surface area contributed by atoms with E-state index in [1.165, 1.54) is 19.3 Å². The van der Waals surface area contributed by atoms with Crippen LogP contribution < -0.4 is 0 Å². The zero-order chi connectivity index (χ0) is 10.0. The fourth-order valence-electron chi connectivity index (χ4n) is 3.14. The first kappa shape index (κ1) is 11.1. The van der Waals surface area contributed by atoms with Crippen molar-refractivity contribution in [2.45, 2.75) is 53.9 Å². The van der Waals surface area contributed by atoms with Gasteiger partial charge in [-0.15, -0.1) is 0 Å². The van der Waals surface area contributed by atoms with Gasteiger partial charge in [0.15, 0.2) is 0 Å². The Morgan fingerprint density at radius 3 is 1.38 bits per heavy atom. The van der Waals surface area contributed by atoms with E-state index >= 15 is 0 Å². The number of rotatable bonds is 0. The number of hydrogen-bond acceptors (Lipinski definition) is 0. The van der Waals surface area contributed by atoms with E-state index in [9.17, 15) is 0 Å². The third kappa shape index (κ3) is 3.00. The first-order valence-electron chi connectivity index (χ1n) is 6.00. The van der Waals surface area contributed by atoms with E-state index in [-0.39, 0.29) is 0 Å². The van der Waals surface area contributed by atoms with Crippen LogP contribution in [0.3, 0.4) is 0 Å². The van der Waals surface area contributed by atoms with Gasteiger partial charge in [-0.05, 0) is 48.9 Å². The lowest BCUT2D eigenvalue weighted by molar-refractivity contribution is 0.166. The molecule has 0 aliphatic heterocycles. The van der Waals surface area contributed by atoms with Crippen molar-refractivity contribution in [3.63, 3.8) is 0 Å². The van der Waals surface area contributed by atoms with Gasteiger partial charge in [-0.1, -0.05) is 34.6 Å². The Balaban J connectivity index is 2.59. The Morgan fingerprint density at radius 1 is 0.615 bits per heavy atom. The fourth-order valence-corrected chi connectivity index (χ4v) is 3.14. The first-order valence-corrected chi connectivity index (χ1v) is 6.00. The van der Waals surface area contributed by atoms with Crippen LogP contribution in [0.4, 0.5) is 0 Å². The number of hydrogen-bond donors (Lipinski definition) is 0. The van der Waals surface area contributed by atoms with Crippen LogP contribution in [0, 0.1) is 29.6 Å². The molecule has 1 rings (SSSR count). The highest BCUT2D eigenvalue weighted by molar-refractivity contribution is 4.76. The van der Waals surface area contributed by atoms with Gasteiger partial charge in [0.2, 0.25) is 0 Å². The third-order valence-corrected chi connectivity index (χ3v) is 4.15. The van der Waals surface area contributed by atoms with E-state index < -0.39 is 0 Å². The summed E-state index contributed by atoms with van der Waals surface area (Å²) in [5.41, 5.74) is 0. The molecule has 0 heterocycles. The van der Waals surface area contributed by atoms with Crippen molar-refractivity contribution in [3.05, 3.63) is 0 Å². The Hall–Kier alpha value is 0. The van der Waals surface area contributed by atoms with Gasteiger partial charge in [0.25, 0.3) is 0 Å². The van der Waals surface area contributed by atoms with E-state index in [1.54, 1.807) is 0 Å². The summed E-state index contributed by atoms with van der Waals surface area (Å²) in [6.45, 7) is 12.2. The summed E-state index contributed by atoms with van der Waals surface area (Å²) in [4.78, 5) is 0. The molecule has 78 valence electrons. The highest BCUT2D eigenvalue weighted by Gasteiger charge is 2.26. The SMILES string of the molecule is CC1CC(C)CC(C)C(C)C(C)C1. The summed E-state index contributed by atoms with van der Waals surface area (Å²) in [5.74, 6) is 4.67. The smallest absolute Gasteiger partial charge is 0.0391 e. The second-order valence-corrected chi connectivity index (χ2v) is 5.73. The van der Waals surface area contributed by atoms with Crippen molar-refractivity contribution >= 4 is 0 Å². The van der Waals surface area contributed by atoms with Gasteiger partial charge in [-0.25, -0.2) is 0 Å². The molecule has 0 aromatic heterocycles. The highest BCUT2D eigenvalue weighted by atomic mass is 14.3. The first-order chi connectivity index (χ1) is 6.00. The largest absolute Gasteiger partial charge is 0.0625 e. The van der Waals surface area contributed by atoms with Crippen LogP contribution in [0.25, 0.3) is 0 Å². The molecule has 1 fully saturated rings. The van der Waals surface area contributed by atoms with Gasteiger partial charge >= 0.3 is 0 Å². The molecule has 1 aliphatic rings. The molecule has 13 heavy (non-hydrogen) atoms. The van der Waals surface area contributed by atoms with Crippen molar-refractivity contribution in [1.29, 1.82) is 0 Å². The summed E-state index contributed by atoms with van der Waals surface area (Å²) in [5, 5.41) is 0. The van der Waals surface area contributed by atoms with Crippen LogP contribution in [0.1, 0.15) is 53.9 Å². The standard InChI is InChI=1S/C13H26/c1-9-6-10(2)8-12(4)13(5)11(3)7-9/h9-13H,6-8H2,1-5H3. The Kier molecular flexibility index (Phi) is 3.82. The van der Waals surface area contributed by atoms with Crippen molar-refractivity contribution < 1.29 is 0 Å². The monoisotopic (exact) mass is 182 g/mol. The molecule has 1 saturated carbocycles. The molecule has 0 heteroatoms. The second kappa shape index (κ2) is 4.48. The minimum atomic E-state index is 0.921. The third-order valence-electron chi connectivity index (χ3n) is 4.15. The molecule has 0 aromatic carbocycles. The lowest BCUT2D eigenvalue weighted by Crippen LogP contribution is -2.24. The molecule has 0 spiro atoms. The average molecular weight is 182 g/mol. The molecule has 0 amide bonds. The predicted octanol–water partition coefficient (Wildman–Crippen LogP) is 4.35. The lowest BCUT2D eigenvalue weighted by atomic mass is 9.72. The van der Waals surface area contributed by atoms with Crippen LogP contribution in [0.5, 0.6) is 0 Å². The topological polar surface area (TPSA) is 0 Å². The quantitative estimate of drug-likeness (QED) is 0.522. The molecule has 1 aliphatic carbocycles. The van der Waals surface area contributed by atoms with Crippen molar-refractivity contribution in [2.75, 3.05) is 0 Å². The minimum Gasteiger partial charge on any atom is -0.0625 e. The van der Waals surface area contributed by atoms with E-state index in [0.717, 1.165) is 29.6 Å². The van der Waals surface area contributed by atoms with Crippen molar-refractivity contribution in [1.82, 2.24) is 0 Å². The van der Waals surface area contributed by atoms with Crippen LogP contribution in [-0.4, -0.2) is 0 Å². The highest BCUT2D eigenvalue weighted by Crippen LogP contribution is 2.36. The molecule has 0 saturated heterocycles. The van der Waals surface area contributed by atoms with Crippen LogP contribution in [-0.2, 0) is 0 Å². The molecular weight excluding hydrogens is 156 g/mol. The summed E-state index contributed by atoms with van der Waals surface area (Å²) >= 11 is 0. The maximum Gasteiger partial charge on any atom is -0.0391 e. The molecule has 0 N–H and O–H groups in total. The second-order valence-electron chi connectivity index (χ2n) is 5.73. The molecular formula is C13H26. The molecule has 4 atom stereocenters. The van der Waals surface area contributed by atoms with Crippen LogP contribution >= 0.6 is 0 Å².